The third-order valence-electron chi connectivity index (χ3n) is 5.28. The highest BCUT2D eigenvalue weighted by atomic mass is 15.2. The molecule has 1 unspecified atom stereocenters. The number of likely N-dealkylation sites (tertiary alicyclic amines) is 1. The third-order valence-corrected chi connectivity index (χ3v) is 5.28. The lowest BCUT2D eigenvalue weighted by atomic mass is 9.78. The van der Waals surface area contributed by atoms with E-state index in [1.165, 1.54) is 51.6 Å². The van der Waals surface area contributed by atoms with Crippen LogP contribution in [-0.4, -0.2) is 36.6 Å². The zero-order chi connectivity index (χ0) is 13.7. The van der Waals surface area contributed by atoms with E-state index in [0.717, 1.165) is 24.8 Å². The maximum absolute atomic E-state index is 9.18. The van der Waals surface area contributed by atoms with Crippen molar-refractivity contribution < 1.29 is 0 Å². The van der Waals surface area contributed by atoms with Crippen LogP contribution in [0.15, 0.2) is 0 Å². The van der Waals surface area contributed by atoms with Crippen LogP contribution in [0.3, 0.4) is 0 Å². The normalized spacial score (nSPS) is 31.2. The molecule has 1 N–H and O–H groups in total. The van der Waals surface area contributed by atoms with Crippen molar-refractivity contribution in [2.75, 3.05) is 20.1 Å². The van der Waals surface area contributed by atoms with E-state index in [2.05, 4.69) is 16.3 Å². The van der Waals surface area contributed by atoms with Crippen LogP contribution in [0.4, 0.5) is 0 Å². The van der Waals surface area contributed by atoms with E-state index in [4.69, 9.17) is 0 Å². The van der Waals surface area contributed by atoms with Gasteiger partial charge in [-0.2, -0.15) is 5.26 Å². The molecule has 108 valence electrons. The Bertz CT molecular complexity index is 320. The fourth-order valence-electron chi connectivity index (χ4n) is 3.88. The summed E-state index contributed by atoms with van der Waals surface area (Å²) in [4.78, 5) is 2.72. The Hall–Kier alpha value is -0.590. The number of fused-ring (bicyclic) bond motifs is 1. The van der Waals surface area contributed by atoms with E-state index in [-0.39, 0.29) is 5.54 Å². The SMILES string of the molecule is CNC(C)(C#N)CCCN1CCC[C@H]2CCCC[C@H]21. The Labute approximate surface area is 118 Å². The maximum Gasteiger partial charge on any atom is 0.103 e. The molecule has 2 aliphatic rings. The number of nitrogens with zero attached hydrogens (tertiary/aromatic N) is 2. The van der Waals surface area contributed by atoms with Crippen LogP contribution in [0.25, 0.3) is 0 Å². The predicted octanol–water partition coefficient (Wildman–Crippen LogP) is 2.92. The van der Waals surface area contributed by atoms with Gasteiger partial charge in [-0.05, 0) is 71.5 Å². The second-order valence-corrected chi connectivity index (χ2v) is 6.59. The fraction of sp³-hybridized carbons (Fsp3) is 0.938. The first kappa shape index (κ1) is 14.8. The second-order valence-electron chi connectivity index (χ2n) is 6.59. The number of nitrogens with one attached hydrogen (secondary N) is 1. The summed E-state index contributed by atoms with van der Waals surface area (Å²) in [5, 5.41) is 12.3. The summed E-state index contributed by atoms with van der Waals surface area (Å²) in [7, 11) is 1.89. The van der Waals surface area contributed by atoms with Crippen LogP contribution in [0.1, 0.15) is 58.3 Å². The van der Waals surface area contributed by atoms with Gasteiger partial charge in [0.1, 0.15) is 5.54 Å². The van der Waals surface area contributed by atoms with Gasteiger partial charge in [-0.1, -0.05) is 12.8 Å². The molecular formula is C16H29N3. The first-order valence-corrected chi connectivity index (χ1v) is 8.03. The van der Waals surface area contributed by atoms with E-state index in [9.17, 15) is 5.26 Å². The van der Waals surface area contributed by atoms with Gasteiger partial charge in [0.15, 0.2) is 0 Å². The monoisotopic (exact) mass is 263 g/mol. The molecule has 2 fully saturated rings. The van der Waals surface area contributed by atoms with Crippen molar-refractivity contribution in [3.8, 4) is 6.07 Å². The first-order valence-electron chi connectivity index (χ1n) is 8.03. The molecule has 1 saturated heterocycles. The van der Waals surface area contributed by atoms with Crippen molar-refractivity contribution in [3.05, 3.63) is 0 Å². The minimum atomic E-state index is -0.345. The minimum Gasteiger partial charge on any atom is -0.303 e. The Morgan fingerprint density at radius 3 is 2.74 bits per heavy atom. The van der Waals surface area contributed by atoms with Crippen molar-refractivity contribution in [2.24, 2.45) is 5.92 Å². The Kier molecular flexibility index (Phi) is 5.24. The van der Waals surface area contributed by atoms with Gasteiger partial charge in [-0.15, -0.1) is 0 Å². The average Bonchev–Trinajstić information content (AvgIpc) is 2.47. The summed E-state index contributed by atoms with van der Waals surface area (Å²) < 4.78 is 0. The molecule has 1 saturated carbocycles. The summed E-state index contributed by atoms with van der Waals surface area (Å²) in [6, 6.07) is 3.24. The van der Waals surface area contributed by atoms with E-state index in [1.807, 2.05) is 14.0 Å². The van der Waals surface area contributed by atoms with Gasteiger partial charge in [0.25, 0.3) is 0 Å². The van der Waals surface area contributed by atoms with E-state index in [1.54, 1.807) is 0 Å². The molecule has 0 spiro atoms. The second kappa shape index (κ2) is 6.72. The van der Waals surface area contributed by atoms with Gasteiger partial charge in [0.05, 0.1) is 6.07 Å². The highest BCUT2D eigenvalue weighted by Crippen LogP contribution is 2.35. The topological polar surface area (TPSA) is 39.1 Å². The predicted molar refractivity (Wildman–Crippen MR) is 78.9 cm³/mol. The first-order chi connectivity index (χ1) is 9.18. The number of hydrogen-bond acceptors (Lipinski definition) is 3. The maximum atomic E-state index is 9.18. The van der Waals surface area contributed by atoms with Gasteiger partial charge in [-0.25, -0.2) is 0 Å². The standard InChI is InChI=1S/C16H29N3/c1-16(13-17,18-2)10-6-12-19-11-5-8-14-7-3-4-9-15(14)19/h14-15,18H,3-12H2,1-2H3/t14-,15-,16?/m1/s1. The molecule has 0 aromatic heterocycles. The zero-order valence-electron chi connectivity index (χ0n) is 12.6. The summed E-state index contributed by atoms with van der Waals surface area (Å²) >= 11 is 0. The van der Waals surface area contributed by atoms with Crippen molar-refractivity contribution >= 4 is 0 Å². The largest absolute Gasteiger partial charge is 0.303 e. The molecule has 3 heteroatoms. The highest BCUT2D eigenvalue weighted by molar-refractivity contribution is 5.02. The number of nitriles is 1. The van der Waals surface area contributed by atoms with Crippen LogP contribution >= 0.6 is 0 Å². The fourth-order valence-corrected chi connectivity index (χ4v) is 3.88. The lowest BCUT2D eigenvalue weighted by Gasteiger charge is -2.44. The molecule has 0 radical (unpaired) electrons. The Morgan fingerprint density at radius 2 is 2.00 bits per heavy atom. The number of piperidine rings is 1. The van der Waals surface area contributed by atoms with Crippen molar-refractivity contribution in [2.45, 2.75) is 69.9 Å². The van der Waals surface area contributed by atoms with Crippen LogP contribution in [0, 0.1) is 17.2 Å². The van der Waals surface area contributed by atoms with Gasteiger partial charge >= 0.3 is 0 Å². The van der Waals surface area contributed by atoms with Crippen LogP contribution < -0.4 is 5.32 Å². The lowest BCUT2D eigenvalue weighted by Crippen LogP contribution is -2.47. The number of rotatable bonds is 5. The smallest absolute Gasteiger partial charge is 0.103 e. The van der Waals surface area contributed by atoms with E-state index in [0.29, 0.717) is 0 Å². The van der Waals surface area contributed by atoms with Gasteiger partial charge < -0.3 is 10.2 Å². The molecular weight excluding hydrogens is 234 g/mol. The summed E-state index contributed by atoms with van der Waals surface area (Å²) in [6.45, 7) is 4.47. The highest BCUT2D eigenvalue weighted by Gasteiger charge is 2.33. The van der Waals surface area contributed by atoms with Crippen LogP contribution in [-0.2, 0) is 0 Å². The van der Waals surface area contributed by atoms with Gasteiger partial charge in [0, 0.05) is 6.04 Å². The van der Waals surface area contributed by atoms with E-state index < -0.39 is 0 Å². The van der Waals surface area contributed by atoms with Crippen molar-refractivity contribution in [3.63, 3.8) is 0 Å². The molecule has 1 heterocycles. The molecule has 3 atom stereocenters. The molecule has 19 heavy (non-hydrogen) atoms. The summed E-state index contributed by atoms with van der Waals surface area (Å²) in [6.07, 6.45) is 10.6. The van der Waals surface area contributed by atoms with Crippen molar-refractivity contribution in [1.29, 1.82) is 5.26 Å². The lowest BCUT2D eigenvalue weighted by molar-refractivity contribution is 0.0586. The molecule has 0 bridgehead atoms. The zero-order valence-corrected chi connectivity index (χ0v) is 12.6. The molecule has 0 aromatic rings. The van der Waals surface area contributed by atoms with Crippen LogP contribution in [0.5, 0.6) is 0 Å². The Morgan fingerprint density at radius 1 is 1.26 bits per heavy atom. The number of hydrogen-bond donors (Lipinski definition) is 1. The summed E-state index contributed by atoms with van der Waals surface area (Å²) in [5.41, 5.74) is -0.345. The molecule has 0 amide bonds. The van der Waals surface area contributed by atoms with E-state index >= 15 is 0 Å². The molecule has 1 aliphatic heterocycles. The molecule has 1 aliphatic carbocycles. The quantitative estimate of drug-likeness (QED) is 0.829. The van der Waals surface area contributed by atoms with Gasteiger partial charge in [-0.3, -0.25) is 0 Å². The molecule has 3 nitrogen and oxygen atoms in total. The van der Waals surface area contributed by atoms with Crippen molar-refractivity contribution in [1.82, 2.24) is 10.2 Å². The third kappa shape index (κ3) is 3.70. The summed E-state index contributed by atoms with van der Waals surface area (Å²) in [5.74, 6) is 0.967. The minimum absolute atomic E-state index is 0.345. The average molecular weight is 263 g/mol. The molecule has 2 rings (SSSR count). The molecule has 0 aromatic carbocycles. The Balaban J connectivity index is 1.80. The van der Waals surface area contributed by atoms with Crippen LogP contribution in [0.2, 0.25) is 0 Å². The van der Waals surface area contributed by atoms with Gasteiger partial charge in [0.2, 0.25) is 0 Å².